The van der Waals surface area contributed by atoms with E-state index in [1.54, 1.807) is 4.90 Å². The van der Waals surface area contributed by atoms with Crippen molar-refractivity contribution >= 4 is 12.0 Å². The van der Waals surface area contributed by atoms with Gasteiger partial charge in [-0.15, -0.1) is 0 Å². The second-order valence-electron chi connectivity index (χ2n) is 6.71. The van der Waals surface area contributed by atoms with Gasteiger partial charge in [-0.3, -0.25) is 0 Å². The van der Waals surface area contributed by atoms with Crippen molar-refractivity contribution in [2.45, 2.75) is 56.6 Å². The van der Waals surface area contributed by atoms with Gasteiger partial charge in [-0.05, 0) is 32.1 Å². The van der Waals surface area contributed by atoms with Crippen LogP contribution in [-0.2, 0) is 4.79 Å². The molecular weight excluding hydrogens is 272 g/mol. The molecule has 0 aromatic rings. The molecule has 6 heteroatoms. The highest BCUT2D eigenvalue weighted by Gasteiger charge is 2.45. The van der Waals surface area contributed by atoms with Crippen LogP contribution < -0.4 is 0 Å². The molecule has 3 rings (SSSR count). The quantitative estimate of drug-likeness (QED) is 0.764. The number of carboxylic acids is 1. The van der Waals surface area contributed by atoms with Crippen LogP contribution in [-0.4, -0.2) is 63.3 Å². The summed E-state index contributed by atoms with van der Waals surface area (Å²) in [7, 11) is 0. The molecule has 3 aliphatic rings. The summed E-state index contributed by atoms with van der Waals surface area (Å²) < 4.78 is 0. The lowest BCUT2D eigenvalue weighted by atomic mass is 9.71. The molecule has 3 atom stereocenters. The maximum atomic E-state index is 12.6. The molecule has 3 unspecified atom stereocenters. The van der Waals surface area contributed by atoms with E-state index in [-0.39, 0.29) is 11.9 Å². The first-order valence-corrected chi connectivity index (χ1v) is 8.02. The van der Waals surface area contributed by atoms with Crippen molar-refractivity contribution < 1.29 is 19.8 Å². The van der Waals surface area contributed by atoms with Crippen LogP contribution in [0.1, 0.15) is 44.9 Å². The summed E-state index contributed by atoms with van der Waals surface area (Å²) in [5.41, 5.74) is -0.605. The Labute approximate surface area is 124 Å². The average molecular weight is 296 g/mol. The molecule has 2 N–H and O–H groups in total. The van der Waals surface area contributed by atoms with Gasteiger partial charge in [0.2, 0.25) is 0 Å². The second-order valence-corrected chi connectivity index (χ2v) is 6.71. The van der Waals surface area contributed by atoms with Gasteiger partial charge in [0.1, 0.15) is 6.04 Å². The van der Waals surface area contributed by atoms with Gasteiger partial charge < -0.3 is 20.0 Å². The fourth-order valence-corrected chi connectivity index (χ4v) is 4.18. The van der Waals surface area contributed by atoms with Crippen LogP contribution in [0, 0.1) is 5.92 Å². The number of amides is 2. The van der Waals surface area contributed by atoms with Gasteiger partial charge in [-0.2, -0.15) is 0 Å². The van der Waals surface area contributed by atoms with Crippen LogP contribution in [0.2, 0.25) is 0 Å². The Morgan fingerprint density at radius 1 is 1.05 bits per heavy atom. The molecular formula is C15H24N2O4. The first kappa shape index (κ1) is 14.6. The van der Waals surface area contributed by atoms with Crippen molar-refractivity contribution in [3.8, 4) is 0 Å². The monoisotopic (exact) mass is 296 g/mol. The Bertz CT molecular complexity index is 441. The zero-order chi connectivity index (χ0) is 15.0. The standard InChI is InChI=1S/C15H24N2O4/c18-13(19)12-5-3-8-17(12)14(20)16-9-7-15(21)6-2-1-4-11(15)10-16/h11-12,21H,1-10H2,(H,18,19). The lowest BCUT2D eigenvalue weighted by Crippen LogP contribution is -2.58. The third-order valence-electron chi connectivity index (χ3n) is 5.48. The molecule has 3 fully saturated rings. The number of piperidine rings is 1. The molecule has 2 amide bonds. The third-order valence-corrected chi connectivity index (χ3v) is 5.48. The van der Waals surface area contributed by atoms with E-state index in [1.165, 1.54) is 4.90 Å². The van der Waals surface area contributed by atoms with E-state index in [4.69, 9.17) is 0 Å². The number of nitrogens with zero attached hydrogens (tertiary/aromatic N) is 2. The predicted octanol–water partition coefficient (Wildman–Crippen LogP) is 1.28. The SMILES string of the molecule is O=C(O)C1CCCN1C(=O)N1CCC2(O)CCCCC2C1. The average Bonchev–Trinajstić information content (AvgIpc) is 2.95. The maximum Gasteiger partial charge on any atom is 0.326 e. The van der Waals surface area contributed by atoms with Crippen LogP contribution in [0.3, 0.4) is 0 Å². The van der Waals surface area contributed by atoms with Gasteiger partial charge in [0.15, 0.2) is 0 Å². The van der Waals surface area contributed by atoms with Crippen molar-refractivity contribution in [2.75, 3.05) is 19.6 Å². The predicted molar refractivity (Wildman–Crippen MR) is 75.9 cm³/mol. The lowest BCUT2D eigenvalue weighted by molar-refractivity contribution is -0.141. The number of hydrogen-bond donors (Lipinski definition) is 2. The third kappa shape index (κ3) is 2.61. The zero-order valence-corrected chi connectivity index (χ0v) is 12.3. The van der Waals surface area contributed by atoms with Crippen LogP contribution in [0.15, 0.2) is 0 Å². The summed E-state index contributed by atoms with van der Waals surface area (Å²) in [6, 6.07) is -0.836. The van der Waals surface area contributed by atoms with Crippen LogP contribution in [0.25, 0.3) is 0 Å². The Hall–Kier alpha value is -1.30. The highest BCUT2D eigenvalue weighted by molar-refractivity contribution is 5.83. The van der Waals surface area contributed by atoms with Gasteiger partial charge in [0.25, 0.3) is 0 Å². The van der Waals surface area contributed by atoms with E-state index in [1.807, 2.05) is 0 Å². The molecule has 2 aliphatic heterocycles. The molecule has 2 saturated heterocycles. The highest BCUT2D eigenvalue weighted by Crippen LogP contribution is 2.40. The first-order valence-electron chi connectivity index (χ1n) is 8.02. The Balaban J connectivity index is 1.67. The molecule has 0 aromatic carbocycles. The number of rotatable bonds is 1. The van der Waals surface area contributed by atoms with E-state index >= 15 is 0 Å². The van der Waals surface area contributed by atoms with Crippen molar-refractivity contribution in [3.05, 3.63) is 0 Å². The summed E-state index contributed by atoms with van der Waals surface area (Å²) in [6.45, 7) is 1.63. The number of carboxylic acid groups (broad SMARTS) is 1. The summed E-state index contributed by atoms with van der Waals surface area (Å²) in [6.07, 6.45) is 5.88. The fourth-order valence-electron chi connectivity index (χ4n) is 4.18. The van der Waals surface area contributed by atoms with Gasteiger partial charge in [-0.25, -0.2) is 9.59 Å². The molecule has 1 saturated carbocycles. The minimum absolute atomic E-state index is 0.148. The van der Waals surface area contributed by atoms with Crippen molar-refractivity contribution in [1.82, 2.24) is 9.80 Å². The van der Waals surface area contributed by atoms with Gasteiger partial charge in [-0.1, -0.05) is 12.8 Å². The van der Waals surface area contributed by atoms with Gasteiger partial charge in [0, 0.05) is 25.6 Å². The Morgan fingerprint density at radius 2 is 1.86 bits per heavy atom. The summed E-state index contributed by atoms with van der Waals surface area (Å²) in [5.74, 6) is -0.762. The largest absolute Gasteiger partial charge is 0.480 e. The molecule has 0 spiro atoms. The number of aliphatic hydroxyl groups is 1. The minimum atomic E-state index is -0.910. The number of carbonyl (C=O) groups is 2. The smallest absolute Gasteiger partial charge is 0.326 e. The normalized spacial score (nSPS) is 36.4. The van der Waals surface area contributed by atoms with Crippen LogP contribution in [0.5, 0.6) is 0 Å². The number of carbonyl (C=O) groups excluding carboxylic acids is 1. The fraction of sp³-hybridized carbons (Fsp3) is 0.867. The maximum absolute atomic E-state index is 12.6. The van der Waals surface area contributed by atoms with Crippen molar-refractivity contribution in [1.29, 1.82) is 0 Å². The number of hydrogen-bond acceptors (Lipinski definition) is 3. The van der Waals surface area contributed by atoms with Crippen LogP contribution >= 0.6 is 0 Å². The highest BCUT2D eigenvalue weighted by atomic mass is 16.4. The molecule has 0 bridgehead atoms. The summed E-state index contributed by atoms with van der Waals surface area (Å²) in [5, 5.41) is 19.9. The molecule has 118 valence electrons. The number of urea groups is 1. The molecule has 21 heavy (non-hydrogen) atoms. The topological polar surface area (TPSA) is 81.1 Å². The second kappa shape index (κ2) is 5.48. The zero-order valence-electron chi connectivity index (χ0n) is 12.3. The van der Waals surface area contributed by atoms with E-state index in [9.17, 15) is 19.8 Å². The summed E-state index contributed by atoms with van der Waals surface area (Å²) >= 11 is 0. The number of likely N-dealkylation sites (tertiary alicyclic amines) is 2. The molecule has 0 aromatic heterocycles. The first-order chi connectivity index (χ1) is 10.0. The minimum Gasteiger partial charge on any atom is -0.480 e. The summed E-state index contributed by atoms with van der Waals surface area (Å²) in [4.78, 5) is 27.1. The van der Waals surface area contributed by atoms with E-state index < -0.39 is 17.6 Å². The van der Waals surface area contributed by atoms with Crippen molar-refractivity contribution in [2.24, 2.45) is 5.92 Å². The number of fused-ring (bicyclic) bond motifs is 1. The van der Waals surface area contributed by atoms with Crippen LogP contribution in [0.4, 0.5) is 4.79 Å². The molecule has 0 radical (unpaired) electrons. The molecule has 1 aliphatic carbocycles. The van der Waals surface area contributed by atoms with E-state index in [0.29, 0.717) is 32.5 Å². The molecule has 2 heterocycles. The van der Waals surface area contributed by atoms with E-state index in [0.717, 1.165) is 32.1 Å². The van der Waals surface area contributed by atoms with Crippen molar-refractivity contribution in [3.63, 3.8) is 0 Å². The van der Waals surface area contributed by atoms with Gasteiger partial charge >= 0.3 is 12.0 Å². The van der Waals surface area contributed by atoms with E-state index in [2.05, 4.69) is 0 Å². The Kier molecular flexibility index (Phi) is 3.82. The Morgan fingerprint density at radius 3 is 2.62 bits per heavy atom. The lowest BCUT2D eigenvalue weighted by Gasteiger charge is -2.48. The number of aliphatic carboxylic acids is 1. The van der Waals surface area contributed by atoms with Gasteiger partial charge in [0.05, 0.1) is 5.60 Å². The molecule has 6 nitrogen and oxygen atoms in total.